The Kier molecular flexibility index (Phi) is 3.72. The highest BCUT2D eigenvalue weighted by molar-refractivity contribution is 7.99. The van der Waals surface area contributed by atoms with E-state index < -0.39 is 0 Å². The summed E-state index contributed by atoms with van der Waals surface area (Å²) in [6.07, 6.45) is 0. The minimum Gasteiger partial charge on any atom is -0.337 e. The van der Waals surface area contributed by atoms with Gasteiger partial charge in [0.15, 0.2) is 0 Å². The molecular weight excluding hydrogens is 237 g/mol. The van der Waals surface area contributed by atoms with Crippen molar-refractivity contribution in [3.05, 3.63) is 35.1 Å². The fourth-order valence-corrected chi connectivity index (χ4v) is 2.98. The van der Waals surface area contributed by atoms with E-state index >= 15 is 0 Å². The highest BCUT2D eigenvalue weighted by Gasteiger charge is 2.22. The fourth-order valence-electron chi connectivity index (χ4n) is 1.96. The van der Waals surface area contributed by atoms with Crippen molar-refractivity contribution in [3.63, 3.8) is 0 Å². The number of carbonyl (C=O) groups excluding carboxylic acids is 1. The zero-order chi connectivity index (χ0) is 12.4. The van der Waals surface area contributed by atoms with Crippen LogP contribution in [-0.2, 0) is 0 Å². The molecule has 0 radical (unpaired) electrons. The van der Waals surface area contributed by atoms with E-state index in [1.165, 1.54) is 6.07 Å². The molecule has 17 heavy (non-hydrogen) atoms. The lowest BCUT2D eigenvalue weighted by Gasteiger charge is -2.30. The second kappa shape index (κ2) is 5.08. The van der Waals surface area contributed by atoms with Crippen molar-refractivity contribution < 1.29 is 9.18 Å². The van der Waals surface area contributed by atoms with Gasteiger partial charge in [0.1, 0.15) is 5.82 Å². The Bertz CT molecular complexity index is 435. The van der Waals surface area contributed by atoms with Crippen molar-refractivity contribution in [2.24, 2.45) is 0 Å². The van der Waals surface area contributed by atoms with Crippen molar-refractivity contribution in [1.29, 1.82) is 0 Å². The molecular formula is C13H16FNOS. The highest BCUT2D eigenvalue weighted by atomic mass is 32.2. The SMILES string of the molecule is Cc1cc(C(=O)N2CCSC(C)C2)ccc1F. The molecule has 1 heterocycles. The predicted molar refractivity (Wildman–Crippen MR) is 69.0 cm³/mol. The van der Waals surface area contributed by atoms with E-state index in [4.69, 9.17) is 0 Å². The van der Waals surface area contributed by atoms with Gasteiger partial charge < -0.3 is 4.90 Å². The van der Waals surface area contributed by atoms with Gasteiger partial charge in [-0.2, -0.15) is 11.8 Å². The number of rotatable bonds is 1. The maximum atomic E-state index is 13.1. The average Bonchev–Trinajstić information content (AvgIpc) is 2.32. The van der Waals surface area contributed by atoms with Crippen molar-refractivity contribution in [3.8, 4) is 0 Å². The number of amides is 1. The Morgan fingerprint density at radius 3 is 2.94 bits per heavy atom. The van der Waals surface area contributed by atoms with Crippen LogP contribution < -0.4 is 0 Å². The van der Waals surface area contributed by atoms with Crippen LogP contribution in [0.15, 0.2) is 18.2 Å². The third-order valence-corrected chi connectivity index (χ3v) is 4.07. The normalized spacial score (nSPS) is 20.4. The summed E-state index contributed by atoms with van der Waals surface area (Å²) in [5.74, 6) is 0.733. The maximum absolute atomic E-state index is 13.1. The average molecular weight is 253 g/mol. The Hall–Kier alpha value is -1.03. The molecule has 1 fully saturated rings. The van der Waals surface area contributed by atoms with E-state index in [2.05, 4.69) is 6.92 Å². The van der Waals surface area contributed by atoms with E-state index in [0.29, 0.717) is 16.4 Å². The van der Waals surface area contributed by atoms with Gasteiger partial charge in [-0.1, -0.05) is 6.92 Å². The summed E-state index contributed by atoms with van der Waals surface area (Å²) in [7, 11) is 0. The van der Waals surface area contributed by atoms with E-state index in [0.717, 1.165) is 18.8 Å². The first kappa shape index (κ1) is 12.4. The van der Waals surface area contributed by atoms with Crippen molar-refractivity contribution in [2.45, 2.75) is 19.1 Å². The first-order chi connectivity index (χ1) is 8.08. The number of benzene rings is 1. The molecule has 0 aliphatic carbocycles. The quantitative estimate of drug-likeness (QED) is 0.767. The number of carbonyl (C=O) groups is 1. The topological polar surface area (TPSA) is 20.3 Å². The van der Waals surface area contributed by atoms with Crippen LogP contribution in [0.5, 0.6) is 0 Å². The Balaban J connectivity index is 2.15. The monoisotopic (exact) mass is 253 g/mol. The van der Waals surface area contributed by atoms with Crippen LogP contribution >= 0.6 is 11.8 Å². The summed E-state index contributed by atoms with van der Waals surface area (Å²) in [4.78, 5) is 14.1. The van der Waals surface area contributed by atoms with Gasteiger partial charge in [0.05, 0.1) is 0 Å². The molecule has 92 valence electrons. The van der Waals surface area contributed by atoms with Gasteiger partial charge in [0, 0.05) is 29.7 Å². The van der Waals surface area contributed by atoms with E-state index in [9.17, 15) is 9.18 Å². The molecule has 1 atom stereocenters. The van der Waals surface area contributed by atoms with Crippen LogP contribution in [0.25, 0.3) is 0 Å². The molecule has 2 rings (SSSR count). The third kappa shape index (κ3) is 2.80. The second-order valence-corrected chi connectivity index (χ2v) is 5.94. The lowest BCUT2D eigenvalue weighted by atomic mass is 10.1. The lowest BCUT2D eigenvalue weighted by Crippen LogP contribution is -2.41. The van der Waals surface area contributed by atoms with Gasteiger partial charge >= 0.3 is 0 Å². The Morgan fingerprint density at radius 1 is 1.53 bits per heavy atom. The smallest absolute Gasteiger partial charge is 0.253 e. The van der Waals surface area contributed by atoms with Crippen LogP contribution in [0.4, 0.5) is 4.39 Å². The van der Waals surface area contributed by atoms with Gasteiger partial charge in [0.25, 0.3) is 5.91 Å². The standard InChI is InChI=1S/C13H16FNOS/c1-9-7-11(3-4-12(9)14)13(16)15-5-6-17-10(2)8-15/h3-4,7,10H,5-6,8H2,1-2H3. The summed E-state index contributed by atoms with van der Waals surface area (Å²) in [5.41, 5.74) is 1.11. The van der Waals surface area contributed by atoms with Gasteiger partial charge in [-0.3, -0.25) is 4.79 Å². The molecule has 0 N–H and O–H groups in total. The Morgan fingerprint density at radius 2 is 2.29 bits per heavy atom. The molecule has 0 spiro atoms. The van der Waals surface area contributed by atoms with Gasteiger partial charge in [-0.15, -0.1) is 0 Å². The molecule has 0 aromatic heterocycles. The number of nitrogens with zero attached hydrogens (tertiary/aromatic N) is 1. The van der Waals surface area contributed by atoms with E-state index in [1.807, 2.05) is 16.7 Å². The zero-order valence-corrected chi connectivity index (χ0v) is 10.9. The second-order valence-electron chi connectivity index (χ2n) is 4.40. The molecule has 1 amide bonds. The maximum Gasteiger partial charge on any atom is 0.253 e. The molecule has 1 aliphatic heterocycles. The first-order valence-corrected chi connectivity index (χ1v) is 6.80. The van der Waals surface area contributed by atoms with E-state index in [1.54, 1.807) is 19.1 Å². The van der Waals surface area contributed by atoms with Gasteiger partial charge in [-0.05, 0) is 30.7 Å². The zero-order valence-electron chi connectivity index (χ0n) is 10.1. The molecule has 0 bridgehead atoms. The van der Waals surface area contributed by atoms with Crippen LogP contribution in [0.1, 0.15) is 22.8 Å². The molecule has 1 aliphatic rings. The van der Waals surface area contributed by atoms with Crippen LogP contribution in [0, 0.1) is 12.7 Å². The van der Waals surface area contributed by atoms with Crippen LogP contribution in [0.2, 0.25) is 0 Å². The fraction of sp³-hybridized carbons (Fsp3) is 0.462. The highest BCUT2D eigenvalue weighted by Crippen LogP contribution is 2.20. The van der Waals surface area contributed by atoms with Gasteiger partial charge in [-0.25, -0.2) is 4.39 Å². The van der Waals surface area contributed by atoms with Crippen molar-refractivity contribution >= 4 is 17.7 Å². The largest absolute Gasteiger partial charge is 0.337 e. The van der Waals surface area contributed by atoms with Crippen molar-refractivity contribution in [2.75, 3.05) is 18.8 Å². The summed E-state index contributed by atoms with van der Waals surface area (Å²) in [6, 6.07) is 4.56. The minimum absolute atomic E-state index is 0.0141. The van der Waals surface area contributed by atoms with Crippen LogP contribution in [-0.4, -0.2) is 34.9 Å². The molecule has 1 saturated heterocycles. The van der Waals surface area contributed by atoms with Crippen molar-refractivity contribution in [1.82, 2.24) is 4.90 Å². The summed E-state index contributed by atoms with van der Waals surface area (Å²) in [5, 5.41) is 0.481. The third-order valence-electron chi connectivity index (χ3n) is 2.93. The summed E-state index contributed by atoms with van der Waals surface area (Å²) in [6.45, 7) is 5.37. The lowest BCUT2D eigenvalue weighted by molar-refractivity contribution is 0.0763. The molecule has 1 unspecified atom stereocenters. The molecule has 0 saturated carbocycles. The number of hydrogen-bond acceptors (Lipinski definition) is 2. The number of aryl methyl sites for hydroxylation is 1. The number of thioether (sulfide) groups is 1. The van der Waals surface area contributed by atoms with Crippen LogP contribution in [0.3, 0.4) is 0 Å². The van der Waals surface area contributed by atoms with E-state index in [-0.39, 0.29) is 11.7 Å². The predicted octanol–water partition coefficient (Wildman–Crippen LogP) is 2.71. The van der Waals surface area contributed by atoms with Gasteiger partial charge in [0.2, 0.25) is 0 Å². The molecule has 1 aromatic rings. The summed E-state index contributed by atoms with van der Waals surface area (Å²) < 4.78 is 13.1. The molecule has 4 heteroatoms. The number of hydrogen-bond donors (Lipinski definition) is 0. The minimum atomic E-state index is -0.260. The number of halogens is 1. The summed E-state index contributed by atoms with van der Waals surface area (Å²) >= 11 is 1.89. The molecule has 1 aromatic carbocycles. The molecule has 2 nitrogen and oxygen atoms in total. The Labute approximate surface area is 105 Å². The first-order valence-electron chi connectivity index (χ1n) is 5.75.